The van der Waals surface area contributed by atoms with E-state index in [-0.39, 0.29) is 0 Å². The minimum atomic E-state index is 0.537. The number of likely N-dealkylation sites (tertiary alicyclic amines) is 1. The fourth-order valence-electron chi connectivity index (χ4n) is 2.77. The summed E-state index contributed by atoms with van der Waals surface area (Å²) in [4.78, 5) is 4.58. The Kier molecular flexibility index (Phi) is 5.00. The van der Waals surface area contributed by atoms with Gasteiger partial charge in [0, 0.05) is 24.8 Å². The van der Waals surface area contributed by atoms with Crippen LogP contribution in [0.1, 0.15) is 24.0 Å². The van der Waals surface area contributed by atoms with E-state index in [9.17, 15) is 0 Å². The van der Waals surface area contributed by atoms with E-state index in [2.05, 4.69) is 61.3 Å². The molecule has 0 aliphatic carbocycles. The van der Waals surface area contributed by atoms with Gasteiger partial charge in [0.2, 0.25) is 0 Å². The number of hydrogen-bond donors (Lipinski definition) is 1. The molecule has 1 saturated heterocycles. The van der Waals surface area contributed by atoms with Crippen molar-refractivity contribution in [3.05, 3.63) is 29.3 Å². The highest BCUT2D eigenvalue weighted by molar-refractivity contribution is 7.80. The molecule has 1 heterocycles. The van der Waals surface area contributed by atoms with Crippen molar-refractivity contribution in [3.8, 4) is 0 Å². The van der Waals surface area contributed by atoms with Crippen molar-refractivity contribution in [1.82, 2.24) is 9.80 Å². The van der Waals surface area contributed by atoms with Crippen molar-refractivity contribution in [2.75, 3.05) is 32.5 Å². The molecule has 0 aromatic heterocycles. The molecule has 2 rings (SSSR count). The Balaban J connectivity index is 2.05. The zero-order valence-electron chi connectivity index (χ0n) is 12.9. The number of thiocarbonyl (C=S) groups is 1. The topological polar surface area (TPSA) is 18.5 Å². The molecule has 0 saturated carbocycles. The summed E-state index contributed by atoms with van der Waals surface area (Å²) >= 11 is 5.62. The minimum Gasteiger partial charge on any atom is -0.345 e. The normalized spacial score (nSPS) is 18.6. The number of rotatable bonds is 3. The summed E-state index contributed by atoms with van der Waals surface area (Å²) in [5.74, 6) is 0. The highest BCUT2D eigenvalue weighted by atomic mass is 32.1. The highest BCUT2D eigenvalue weighted by Crippen LogP contribution is 2.21. The zero-order chi connectivity index (χ0) is 14.7. The fourth-order valence-corrected chi connectivity index (χ4v) is 3.12. The lowest BCUT2D eigenvalue weighted by Gasteiger charge is -2.30. The zero-order valence-corrected chi connectivity index (χ0v) is 13.8. The summed E-state index contributed by atoms with van der Waals surface area (Å²) in [6, 6.07) is 6.98. The van der Waals surface area contributed by atoms with E-state index in [4.69, 9.17) is 12.2 Å². The first-order valence-corrected chi connectivity index (χ1v) is 7.68. The van der Waals surface area contributed by atoms with E-state index in [1.54, 1.807) is 0 Å². The van der Waals surface area contributed by atoms with Gasteiger partial charge in [-0.3, -0.25) is 0 Å². The van der Waals surface area contributed by atoms with Crippen LogP contribution in [0.15, 0.2) is 18.2 Å². The summed E-state index contributed by atoms with van der Waals surface area (Å²) in [6.45, 7) is 6.36. The van der Waals surface area contributed by atoms with Crippen LogP contribution in [0, 0.1) is 13.8 Å². The molecule has 1 aliphatic heterocycles. The number of nitrogens with one attached hydrogen (secondary N) is 1. The second-order valence-corrected chi connectivity index (χ2v) is 6.39. The van der Waals surface area contributed by atoms with Gasteiger partial charge in [0.05, 0.1) is 0 Å². The Bertz CT molecular complexity index is 485. The summed E-state index contributed by atoms with van der Waals surface area (Å²) in [7, 11) is 4.25. The van der Waals surface area contributed by atoms with E-state index in [1.165, 1.54) is 24.0 Å². The average Bonchev–Trinajstić information content (AvgIpc) is 2.81. The van der Waals surface area contributed by atoms with Crippen molar-refractivity contribution in [2.24, 2.45) is 0 Å². The molecule has 110 valence electrons. The van der Waals surface area contributed by atoms with E-state index in [0.717, 1.165) is 23.9 Å². The summed E-state index contributed by atoms with van der Waals surface area (Å²) in [5.41, 5.74) is 3.62. The summed E-state index contributed by atoms with van der Waals surface area (Å²) in [6.07, 6.45) is 2.46. The molecule has 0 radical (unpaired) electrons. The third-order valence-corrected chi connectivity index (χ3v) is 4.19. The molecule has 0 bridgehead atoms. The SMILES string of the molecule is Cc1ccc(C)c(NC(=S)N2CCCC2CN(C)C)c1. The Morgan fingerprint density at radius 2 is 2.15 bits per heavy atom. The maximum Gasteiger partial charge on any atom is 0.173 e. The third-order valence-electron chi connectivity index (χ3n) is 3.85. The lowest BCUT2D eigenvalue weighted by molar-refractivity contribution is 0.288. The number of benzene rings is 1. The molecule has 0 spiro atoms. The minimum absolute atomic E-state index is 0.537. The van der Waals surface area contributed by atoms with Gasteiger partial charge in [-0.25, -0.2) is 0 Å². The number of aryl methyl sites for hydroxylation is 2. The molecule has 20 heavy (non-hydrogen) atoms. The van der Waals surface area contributed by atoms with Crippen LogP contribution in [-0.4, -0.2) is 48.1 Å². The predicted molar refractivity (Wildman–Crippen MR) is 90.4 cm³/mol. The van der Waals surface area contributed by atoms with Crippen LogP contribution in [0.3, 0.4) is 0 Å². The molecule has 1 aromatic carbocycles. The van der Waals surface area contributed by atoms with Gasteiger partial charge in [-0.05, 0) is 70.2 Å². The molecular formula is C16H25N3S. The van der Waals surface area contributed by atoms with Crippen LogP contribution >= 0.6 is 12.2 Å². The van der Waals surface area contributed by atoms with Gasteiger partial charge in [-0.2, -0.15) is 0 Å². The Hall–Kier alpha value is -1.13. The Morgan fingerprint density at radius 3 is 2.85 bits per heavy atom. The highest BCUT2D eigenvalue weighted by Gasteiger charge is 2.27. The van der Waals surface area contributed by atoms with Gasteiger partial charge >= 0.3 is 0 Å². The molecular weight excluding hydrogens is 266 g/mol. The van der Waals surface area contributed by atoms with E-state index in [1.807, 2.05) is 0 Å². The van der Waals surface area contributed by atoms with Crippen molar-refractivity contribution in [2.45, 2.75) is 32.7 Å². The van der Waals surface area contributed by atoms with Crippen LogP contribution in [0.5, 0.6) is 0 Å². The second-order valence-electron chi connectivity index (χ2n) is 6.00. The van der Waals surface area contributed by atoms with Crippen molar-refractivity contribution in [1.29, 1.82) is 0 Å². The van der Waals surface area contributed by atoms with Crippen LogP contribution in [0.25, 0.3) is 0 Å². The molecule has 1 fully saturated rings. The molecule has 4 heteroatoms. The van der Waals surface area contributed by atoms with Crippen LogP contribution in [0.4, 0.5) is 5.69 Å². The van der Waals surface area contributed by atoms with Crippen molar-refractivity contribution < 1.29 is 0 Å². The first-order chi connectivity index (χ1) is 9.47. The fraction of sp³-hybridized carbons (Fsp3) is 0.562. The van der Waals surface area contributed by atoms with Crippen molar-refractivity contribution in [3.63, 3.8) is 0 Å². The second kappa shape index (κ2) is 6.55. The van der Waals surface area contributed by atoms with E-state index >= 15 is 0 Å². The summed E-state index contributed by atoms with van der Waals surface area (Å²) in [5, 5.41) is 4.30. The quantitative estimate of drug-likeness (QED) is 0.863. The maximum atomic E-state index is 5.62. The molecule has 1 unspecified atom stereocenters. The van der Waals surface area contributed by atoms with Gasteiger partial charge in [-0.1, -0.05) is 12.1 Å². The average molecular weight is 291 g/mol. The van der Waals surface area contributed by atoms with Crippen LogP contribution in [0.2, 0.25) is 0 Å². The lowest BCUT2D eigenvalue weighted by Crippen LogP contribution is -2.43. The van der Waals surface area contributed by atoms with E-state index in [0.29, 0.717) is 6.04 Å². The molecule has 1 atom stereocenters. The maximum absolute atomic E-state index is 5.62. The number of hydrogen-bond acceptors (Lipinski definition) is 2. The van der Waals surface area contributed by atoms with Gasteiger partial charge in [-0.15, -0.1) is 0 Å². The van der Waals surface area contributed by atoms with Gasteiger partial charge in [0.25, 0.3) is 0 Å². The van der Waals surface area contributed by atoms with Gasteiger partial charge < -0.3 is 15.1 Å². The Labute approximate surface area is 128 Å². The van der Waals surface area contributed by atoms with Crippen LogP contribution in [-0.2, 0) is 0 Å². The molecule has 3 nitrogen and oxygen atoms in total. The van der Waals surface area contributed by atoms with Gasteiger partial charge in [0.15, 0.2) is 5.11 Å². The van der Waals surface area contributed by atoms with Gasteiger partial charge in [0.1, 0.15) is 0 Å². The van der Waals surface area contributed by atoms with Crippen molar-refractivity contribution >= 4 is 23.0 Å². The van der Waals surface area contributed by atoms with E-state index < -0.39 is 0 Å². The third kappa shape index (κ3) is 3.70. The predicted octanol–water partition coefficient (Wildman–Crippen LogP) is 3.03. The number of likely N-dealkylation sites (N-methyl/N-ethyl adjacent to an activating group) is 1. The molecule has 1 N–H and O–H groups in total. The first-order valence-electron chi connectivity index (χ1n) is 7.27. The largest absolute Gasteiger partial charge is 0.345 e. The number of nitrogens with zero attached hydrogens (tertiary/aromatic N) is 2. The van der Waals surface area contributed by atoms with Crippen LogP contribution < -0.4 is 5.32 Å². The molecule has 0 amide bonds. The smallest absolute Gasteiger partial charge is 0.173 e. The molecule has 1 aliphatic rings. The monoisotopic (exact) mass is 291 g/mol. The lowest BCUT2D eigenvalue weighted by atomic mass is 10.1. The first kappa shape index (κ1) is 15.3. The summed E-state index contributed by atoms with van der Waals surface area (Å²) < 4.78 is 0. The standard InChI is InChI=1S/C16H25N3S/c1-12-7-8-13(2)15(10-12)17-16(20)19-9-5-6-14(19)11-18(3)4/h7-8,10,14H,5-6,9,11H2,1-4H3,(H,17,20). The molecule has 1 aromatic rings. The number of anilines is 1. The Morgan fingerprint density at radius 1 is 1.40 bits per heavy atom.